The lowest BCUT2D eigenvalue weighted by molar-refractivity contribution is -0.121. The van der Waals surface area contributed by atoms with Crippen LogP contribution in [0.3, 0.4) is 0 Å². The third-order valence-corrected chi connectivity index (χ3v) is 4.84. The van der Waals surface area contributed by atoms with E-state index in [0.29, 0.717) is 19.4 Å². The Morgan fingerprint density at radius 2 is 2.22 bits per heavy atom. The molecule has 0 aromatic heterocycles. The molecule has 2 amide bonds. The number of nitrogens with one attached hydrogen (secondary N) is 2. The SMILES string of the molecule is O=C(CCCc1ccc2c(c1)CC(=O)N2)NCC1CCCC1O. The Morgan fingerprint density at radius 1 is 1.35 bits per heavy atom. The van der Waals surface area contributed by atoms with Crippen molar-refractivity contribution in [1.29, 1.82) is 0 Å². The van der Waals surface area contributed by atoms with Gasteiger partial charge in [0.2, 0.25) is 11.8 Å². The van der Waals surface area contributed by atoms with Crippen LogP contribution >= 0.6 is 0 Å². The minimum Gasteiger partial charge on any atom is -0.393 e. The zero-order valence-electron chi connectivity index (χ0n) is 13.3. The van der Waals surface area contributed by atoms with E-state index in [9.17, 15) is 14.7 Å². The lowest BCUT2D eigenvalue weighted by Gasteiger charge is -2.15. The van der Waals surface area contributed by atoms with Gasteiger partial charge in [0.15, 0.2) is 0 Å². The number of carbonyl (C=O) groups is 2. The van der Waals surface area contributed by atoms with E-state index in [2.05, 4.69) is 16.7 Å². The number of aliphatic hydroxyl groups excluding tert-OH is 1. The molecule has 1 heterocycles. The van der Waals surface area contributed by atoms with E-state index in [-0.39, 0.29) is 23.8 Å². The summed E-state index contributed by atoms with van der Waals surface area (Å²) < 4.78 is 0. The highest BCUT2D eigenvalue weighted by atomic mass is 16.3. The van der Waals surface area contributed by atoms with Crippen LogP contribution in [0.15, 0.2) is 18.2 Å². The number of carbonyl (C=O) groups excluding carboxylic acids is 2. The van der Waals surface area contributed by atoms with Crippen molar-refractivity contribution in [2.45, 2.75) is 51.0 Å². The Balaban J connectivity index is 1.38. The van der Waals surface area contributed by atoms with Gasteiger partial charge in [0.25, 0.3) is 0 Å². The molecule has 0 radical (unpaired) electrons. The van der Waals surface area contributed by atoms with Gasteiger partial charge in [0, 0.05) is 24.6 Å². The molecule has 0 spiro atoms. The fraction of sp³-hybridized carbons (Fsp3) is 0.556. The zero-order valence-corrected chi connectivity index (χ0v) is 13.3. The molecule has 0 saturated heterocycles. The minimum absolute atomic E-state index is 0.0469. The second-order valence-corrected chi connectivity index (χ2v) is 6.63. The molecule has 3 rings (SSSR count). The Labute approximate surface area is 136 Å². The number of fused-ring (bicyclic) bond motifs is 1. The second kappa shape index (κ2) is 7.13. The summed E-state index contributed by atoms with van der Waals surface area (Å²) in [7, 11) is 0. The Hall–Kier alpha value is -1.88. The van der Waals surface area contributed by atoms with E-state index < -0.39 is 0 Å². The maximum atomic E-state index is 11.9. The van der Waals surface area contributed by atoms with Crippen molar-refractivity contribution in [3.8, 4) is 0 Å². The molecule has 3 N–H and O–H groups in total. The van der Waals surface area contributed by atoms with Crippen molar-refractivity contribution in [2.75, 3.05) is 11.9 Å². The maximum Gasteiger partial charge on any atom is 0.228 e. The number of rotatable bonds is 6. The molecular weight excluding hydrogens is 292 g/mol. The molecule has 23 heavy (non-hydrogen) atoms. The number of aryl methyl sites for hydroxylation is 1. The highest BCUT2D eigenvalue weighted by Gasteiger charge is 2.25. The predicted molar refractivity (Wildman–Crippen MR) is 88.1 cm³/mol. The third kappa shape index (κ3) is 4.10. The summed E-state index contributed by atoms with van der Waals surface area (Å²) in [5.74, 6) is 0.327. The predicted octanol–water partition coefficient (Wildman–Crippen LogP) is 1.78. The minimum atomic E-state index is -0.252. The molecule has 0 bridgehead atoms. The summed E-state index contributed by atoms with van der Waals surface area (Å²) in [5.41, 5.74) is 3.12. The van der Waals surface area contributed by atoms with Crippen molar-refractivity contribution >= 4 is 17.5 Å². The lowest BCUT2D eigenvalue weighted by atomic mass is 10.0. The number of anilines is 1. The van der Waals surface area contributed by atoms with Crippen LogP contribution in [0.25, 0.3) is 0 Å². The smallest absolute Gasteiger partial charge is 0.228 e. The fourth-order valence-electron chi connectivity index (χ4n) is 3.48. The van der Waals surface area contributed by atoms with Gasteiger partial charge in [-0.15, -0.1) is 0 Å². The Kier molecular flexibility index (Phi) is 4.96. The van der Waals surface area contributed by atoms with Crippen LogP contribution < -0.4 is 10.6 Å². The van der Waals surface area contributed by atoms with Crippen molar-refractivity contribution in [1.82, 2.24) is 5.32 Å². The van der Waals surface area contributed by atoms with Gasteiger partial charge in [-0.05, 0) is 42.9 Å². The van der Waals surface area contributed by atoms with E-state index in [0.717, 1.165) is 43.4 Å². The molecule has 1 aromatic carbocycles. The van der Waals surface area contributed by atoms with Crippen LogP contribution in [-0.4, -0.2) is 29.6 Å². The van der Waals surface area contributed by atoms with E-state index in [1.165, 1.54) is 5.56 Å². The first-order valence-corrected chi connectivity index (χ1v) is 8.48. The van der Waals surface area contributed by atoms with Crippen LogP contribution in [0.1, 0.15) is 43.2 Å². The Morgan fingerprint density at radius 3 is 3.00 bits per heavy atom. The zero-order chi connectivity index (χ0) is 16.2. The molecular formula is C18H24N2O3. The first-order chi connectivity index (χ1) is 11.1. The molecule has 1 aliphatic carbocycles. The van der Waals surface area contributed by atoms with Crippen molar-refractivity contribution in [3.05, 3.63) is 29.3 Å². The van der Waals surface area contributed by atoms with Gasteiger partial charge < -0.3 is 15.7 Å². The number of hydrogen-bond donors (Lipinski definition) is 3. The molecule has 2 aliphatic rings. The molecule has 2 unspecified atom stereocenters. The third-order valence-electron chi connectivity index (χ3n) is 4.84. The lowest BCUT2D eigenvalue weighted by Crippen LogP contribution is -2.32. The van der Waals surface area contributed by atoms with Crippen LogP contribution in [0.4, 0.5) is 5.69 Å². The van der Waals surface area contributed by atoms with E-state index in [4.69, 9.17) is 0 Å². The normalized spacial score (nSPS) is 22.7. The van der Waals surface area contributed by atoms with Gasteiger partial charge in [0.1, 0.15) is 0 Å². The summed E-state index contributed by atoms with van der Waals surface area (Å²) in [6, 6.07) is 6.01. The number of amides is 2. The maximum absolute atomic E-state index is 11.9. The number of hydrogen-bond acceptors (Lipinski definition) is 3. The topological polar surface area (TPSA) is 78.4 Å². The van der Waals surface area contributed by atoms with Gasteiger partial charge in [-0.2, -0.15) is 0 Å². The van der Waals surface area contributed by atoms with Gasteiger partial charge in [-0.25, -0.2) is 0 Å². The quantitative estimate of drug-likeness (QED) is 0.748. The summed E-state index contributed by atoms with van der Waals surface area (Å²) in [5, 5.41) is 15.5. The molecule has 124 valence electrons. The highest BCUT2D eigenvalue weighted by Crippen LogP contribution is 2.25. The highest BCUT2D eigenvalue weighted by molar-refractivity contribution is 5.99. The molecule has 2 atom stereocenters. The summed E-state index contributed by atoms with van der Waals surface area (Å²) in [6.07, 6.45) is 5.24. The van der Waals surface area contributed by atoms with Crippen molar-refractivity contribution in [3.63, 3.8) is 0 Å². The monoisotopic (exact) mass is 316 g/mol. The fourth-order valence-corrected chi connectivity index (χ4v) is 3.48. The average Bonchev–Trinajstić information content (AvgIpc) is 3.09. The Bertz CT molecular complexity index is 600. The summed E-state index contributed by atoms with van der Waals surface area (Å²) in [4.78, 5) is 23.2. The van der Waals surface area contributed by atoms with Gasteiger partial charge in [-0.1, -0.05) is 18.6 Å². The molecule has 1 saturated carbocycles. The first-order valence-electron chi connectivity index (χ1n) is 8.48. The molecule has 1 fully saturated rings. The van der Waals surface area contributed by atoms with Crippen LogP contribution in [0, 0.1) is 5.92 Å². The van der Waals surface area contributed by atoms with Crippen LogP contribution in [0.5, 0.6) is 0 Å². The van der Waals surface area contributed by atoms with Crippen molar-refractivity contribution < 1.29 is 14.7 Å². The van der Waals surface area contributed by atoms with E-state index in [1.54, 1.807) is 0 Å². The molecule has 5 nitrogen and oxygen atoms in total. The summed E-state index contributed by atoms with van der Waals surface area (Å²) in [6.45, 7) is 0.590. The van der Waals surface area contributed by atoms with E-state index in [1.807, 2.05) is 12.1 Å². The van der Waals surface area contributed by atoms with Crippen LogP contribution in [0.2, 0.25) is 0 Å². The standard InChI is InChI=1S/C18H24N2O3/c21-16-5-2-4-13(16)11-19-17(22)6-1-3-12-7-8-15-14(9-12)10-18(23)20-15/h7-9,13,16,21H,1-6,10-11H2,(H,19,22)(H,20,23). The van der Waals surface area contributed by atoms with Crippen molar-refractivity contribution in [2.24, 2.45) is 5.92 Å². The number of aliphatic hydroxyl groups is 1. The average molecular weight is 316 g/mol. The van der Waals surface area contributed by atoms with Gasteiger partial charge >= 0.3 is 0 Å². The van der Waals surface area contributed by atoms with Crippen LogP contribution in [-0.2, 0) is 22.4 Å². The van der Waals surface area contributed by atoms with E-state index >= 15 is 0 Å². The molecule has 5 heteroatoms. The van der Waals surface area contributed by atoms with Gasteiger partial charge in [-0.3, -0.25) is 9.59 Å². The largest absolute Gasteiger partial charge is 0.393 e. The number of benzene rings is 1. The first kappa shape index (κ1) is 16.0. The molecule has 1 aliphatic heterocycles. The molecule has 1 aromatic rings. The summed E-state index contributed by atoms with van der Waals surface area (Å²) >= 11 is 0. The van der Waals surface area contributed by atoms with Gasteiger partial charge in [0.05, 0.1) is 12.5 Å². The second-order valence-electron chi connectivity index (χ2n) is 6.63.